The number of carbonyl (C=O) groups is 1. The number of urea groups is 1. The molecule has 0 saturated heterocycles. The molecule has 202 valence electrons. The summed E-state index contributed by atoms with van der Waals surface area (Å²) in [5.41, 5.74) is 1.18. The number of nitro groups is 1. The average molecular weight is 569 g/mol. The summed E-state index contributed by atoms with van der Waals surface area (Å²) in [7, 11) is -2.27. The minimum atomic E-state index is -3.82. The Morgan fingerprint density at radius 3 is 2.31 bits per heavy atom. The Bertz CT molecular complexity index is 1550. The van der Waals surface area contributed by atoms with Crippen LogP contribution in [0, 0.1) is 10.1 Å². The molecule has 2 amide bonds. The van der Waals surface area contributed by atoms with Crippen LogP contribution in [0.3, 0.4) is 0 Å². The first-order valence-electron chi connectivity index (χ1n) is 11.6. The minimum Gasteiger partial charge on any atom is -0.497 e. The summed E-state index contributed by atoms with van der Waals surface area (Å²) < 4.78 is 39.2. The van der Waals surface area contributed by atoms with Crippen LogP contribution in [0.2, 0.25) is 0 Å². The predicted octanol–water partition coefficient (Wildman–Crippen LogP) is 5.22. The summed E-state index contributed by atoms with van der Waals surface area (Å²) in [4.78, 5) is 23.1. The summed E-state index contributed by atoms with van der Waals surface area (Å²) in [5.74, 6) is 1.53. The number of nitro benzene ring substituents is 1. The Morgan fingerprint density at radius 1 is 0.923 bits per heavy atom. The largest absolute Gasteiger partial charge is 0.497 e. The number of hydrogen-bond donors (Lipinski definition) is 3. The number of hydrogen-bond acceptors (Lipinski definition) is 8. The first-order chi connectivity index (χ1) is 18.7. The zero-order chi connectivity index (χ0) is 27.8. The van der Waals surface area contributed by atoms with E-state index in [1.54, 1.807) is 61.7 Å². The third-order valence-corrected chi connectivity index (χ3v) is 8.40. The monoisotopic (exact) mass is 568 g/mol. The minimum absolute atomic E-state index is 0.00849. The van der Waals surface area contributed by atoms with Crippen LogP contribution in [0.15, 0.2) is 89.1 Å². The van der Waals surface area contributed by atoms with Gasteiger partial charge < -0.3 is 20.1 Å². The van der Waals surface area contributed by atoms with Crippen molar-refractivity contribution >= 4 is 38.8 Å². The van der Waals surface area contributed by atoms with Gasteiger partial charge in [0.15, 0.2) is 0 Å². The van der Waals surface area contributed by atoms with Crippen LogP contribution in [-0.2, 0) is 10.0 Å². The van der Waals surface area contributed by atoms with Crippen LogP contribution in [-0.4, -0.2) is 39.6 Å². The van der Waals surface area contributed by atoms with E-state index in [1.165, 1.54) is 30.3 Å². The molecule has 4 aromatic rings. The Balaban J connectivity index is 1.34. The molecule has 0 aliphatic carbocycles. The lowest BCUT2D eigenvalue weighted by Gasteiger charge is -2.10. The van der Waals surface area contributed by atoms with Crippen molar-refractivity contribution in [3.63, 3.8) is 0 Å². The normalized spacial score (nSPS) is 11.0. The molecule has 3 aromatic carbocycles. The predicted molar refractivity (Wildman–Crippen MR) is 148 cm³/mol. The molecular formula is C26H24N4O7S2. The first kappa shape index (κ1) is 27.6. The Labute approximate surface area is 228 Å². The van der Waals surface area contributed by atoms with Gasteiger partial charge in [-0.3, -0.25) is 10.1 Å². The standard InChI is InChI=1S/C26H24N4O7S2/c1-36-20-10-6-18(7-11-20)29-26(31)27-16-17-28-39(34,35)25-15-14-24(38-25)22-4-2-3-5-23(22)37-21-12-8-19(9-13-21)30(32)33/h2-15,28H,16-17H2,1H3,(H2,27,29,31). The van der Waals surface area contributed by atoms with Gasteiger partial charge in [-0.05, 0) is 60.7 Å². The van der Waals surface area contributed by atoms with E-state index in [0.717, 1.165) is 11.3 Å². The topological polar surface area (TPSA) is 149 Å². The molecule has 11 nitrogen and oxygen atoms in total. The summed E-state index contributed by atoms with van der Waals surface area (Å²) in [5, 5.41) is 16.1. The van der Waals surface area contributed by atoms with Crippen LogP contribution < -0.4 is 24.8 Å². The smallest absolute Gasteiger partial charge is 0.319 e. The summed E-state index contributed by atoms with van der Waals surface area (Å²) in [6.07, 6.45) is 0. The molecule has 0 fully saturated rings. The van der Waals surface area contributed by atoms with Crippen LogP contribution in [0.4, 0.5) is 16.2 Å². The number of anilines is 1. The van der Waals surface area contributed by atoms with Gasteiger partial charge >= 0.3 is 6.03 Å². The summed E-state index contributed by atoms with van der Waals surface area (Å²) in [6.45, 7) is 0.0663. The maximum atomic E-state index is 12.8. The van der Waals surface area contributed by atoms with Crippen molar-refractivity contribution in [3.8, 4) is 27.7 Å². The van der Waals surface area contributed by atoms with Crippen LogP contribution in [0.25, 0.3) is 10.4 Å². The lowest BCUT2D eigenvalue weighted by atomic mass is 10.1. The van der Waals surface area contributed by atoms with E-state index in [9.17, 15) is 23.3 Å². The second-order valence-corrected chi connectivity index (χ2v) is 11.1. The van der Waals surface area contributed by atoms with Crippen molar-refractivity contribution in [2.24, 2.45) is 0 Å². The van der Waals surface area contributed by atoms with Crippen molar-refractivity contribution in [2.45, 2.75) is 4.21 Å². The number of carbonyl (C=O) groups excluding carboxylic acids is 1. The Morgan fingerprint density at radius 2 is 1.62 bits per heavy atom. The molecule has 0 aliphatic rings. The zero-order valence-corrected chi connectivity index (χ0v) is 22.3. The molecule has 1 aromatic heterocycles. The van der Waals surface area contributed by atoms with Crippen molar-refractivity contribution in [1.29, 1.82) is 0 Å². The second kappa shape index (κ2) is 12.4. The van der Waals surface area contributed by atoms with Crippen LogP contribution in [0.1, 0.15) is 0 Å². The van der Waals surface area contributed by atoms with Crippen molar-refractivity contribution in [1.82, 2.24) is 10.0 Å². The highest BCUT2D eigenvalue weighted by atomic mass is 32.2. The number of nitrogens with one attached hydrogen (secondary N) is 3. The Hall–Kier alpha value is -4.46. The highest BCUT2D eigenvalue weighted by Gasteiger charge is 2.19. The van der Waals surface area contributed by atoms with Gasteiger partial charge in [-0.1, -0.05) is 12.1 Å². The van der Waals surface area contributed by atoms with Crippen LogP contribution in [0.5, 0.6) is 17.2 Å². The fraction of sp³-hybridized carbons (Fsp3) is 0.115. The summed E-state index contributed by atoms with van der Waals surface area (Å²) >= 11 is 1.06. The third kappa shape index (κ3) is 7.31. The van der Waals surface area contributed by atoms with Gasteiger partial charge in [0.1, 0.15) is 21.5 Å². The number of amides is 2. The zero-order valence-electron chi connectivity index (χ0n) is 20.6. The number of ether oxygens (including phenoxy) is 2. The number of thiophene rings is 1. The molecule has 0 unspecified atom stereocenters. The molecule has 0 aliphatic heterocycles. The number of sulfonamides is 1. The molecule has 13 heteroatoms. The number of rotatable bonds is 11. The van der Waals surface area contributed by atoms with Gasteiger partial charge in [-0.15, -0.1) is 11.3 Å². The van der Waals surface area contributed by atoms with Gasteiger partial charge in [0.25, 0.3) is 5.69 Å². The number of benzene rings is 3. The van der Waals surface area contributed by atoms with Crippen LogP contribution >= 0.6 is 11.3 Å². The fourth-order valence-corrected chi connectivity index (χ4v) is 5.83. The lowest BCUT2D eigenvalue weighted by Crippen LogP contribution is -2.36. The number of methoxy groups -OCH3 is 1. The third-order valence-electron chi connectivity index (χ3n) is 5.32. The van der Waals surface area contributed by atoms with Gasteiger partial charge in [0.05, 0.1) is 12.0 Å². The lowest BCUT2D eigenvalue weighted by molar-refractivity contribution is -0.384. The van der Waals surface area contributed by atoms with E-state index in [2.05, 4.69) is 15.4 Å². The maximum Gasteiger partial charge on any atom is 0.319 e. The molecule has 0 bridgehead atoms. The van der Waals surface area contributed by atoms with Crippen molar-refractivity contribution in [3.05, 3.63) is 95.0 Å². The molecule has 1 heterocycles. The summed E-state index contributed by atoms with van der Waals surface area (Å²) in [6, 6.07) is 22.3. The quantitative estimate of drug-likeness (QED) is 0.127. The highest BCUT2D eigenvalue weighted by molar-refractivity contribution is 7.91. The van der Waals surface area contributed by atoms with Gasteiger partial charge in [-0.25, -0.2) is 17.9 Å². The van der Waals surface area contributed by atoms with E-state index >= 15 is 0 Å². The molecule has 0 spiro atoms. The van der Waals surface area contributed by atoms with Gasteiger partial charge in [0, 0.05) is 41.4 Å². The molecular weight excluding hydrogens is 544 g/mol. The molecule has 39 heavy (non-hydrogen) atoms. The number of nitrogens with zero attached hydrogens (tertiary/aromatic N) is 1. The highest BCUT2D eigenvalue weighted by Crippen LogP contribution is 2.38. The SMILES string of the molecule is COc1ccc(NC(=O)NCCNS(=O)(=O)c2ccc(-c3ccccc3Oc3ccc([N+](=O)[O-])cc3)s2)cc1. The molecule has 0 saturated carbocycles. The second-order valence-electron chi connectivity index (χ2n) is 7.98. The molecule has 4 rings (SSSR count). The maximum absolute atomic E-state index is 12.8. The van der Waals surface area contributed by atoms with E-state index < -0.39 is 21.0 Å². The number of non-ortho nitro benzene ring substituents is 1. The van der Waals surface area contributed by atoms with E-state index in [-0.39, 0.29) is 23.0 Å². The molecule has 0 atom stereocenters. The average Bonchev–Trinajstić information content (AvgIpc) is 3.44. The first-order valence-corrected chi connectivity index (χ1v) is 13.9. The Kier molecular flexibility index (Phi) is 8.76. The molecule has 0 radical (unpaired) electrons. The molecule has 3 N–H and O–H groups in total. The van der Waals surface area contributed by atoms with Gasteiger partial charge in [-0.2, -0.15) is 0 Å². The number of para-hydroxylation sites is 1. The van der Waals surface area contributed by atoms with Crippen molar-refractivity contribution < 1.29 is 27.6 Å². The fourth-order valence-electron chi connectivity index (χ4n) is 3.41. The van der Waals surface area contributed by atoms with E-state index in [0.29, 0.717) is 33.4 Å². The van der Waals surface area contributed by atoms with E-state index in [4.69, 9.17) is 9.47 Å². The van der Waals surface area contributed by atoms with Crippen molar-refractivity contribution in [2.75, 3.05) is 25.5 Å². The van der Waals surface area contributed by atoms with Gasteiger partial charge in [0.2, 0.25) is 10.0 Å². The van der Waals surface area contributed by atoms with E-state index in [1.807, 2.05) is 0 Å².